The first-order valence-electron chi connectivity index (χ1n) is 12.5. The van der Waals surface area contributed by atoms with Gasteiger partial charge in [0, 0.05) is 19.2 Å². The first kappa shape index (κ1) is 24.3. The SMILES string of the molecule is CNc1ncnc2c1ccn2[C@@H]1C[C@H](c2ccc(O[Si](C)(C)C(C)(C)C)cc2)[C@H]2OC(C)(C)O[C@H]21. The fourth-order valence-electron chi connectivity index (χ4n) is 5.22. The summed E-state index contributed by atoms with van der Waals surface area (Å²) in [5, 5.41) is 4.34. The maximum absolute atomic E-state index is 6.51. The van der Waals surface area contributed by atoms with Crippen molar-refractivity contribution in [3.63, 3.8) is 0 Å². The first-order chi connectivity index (χ1) is 16.4. The topological polar surface area (TPSA) is 70.4 Å². The molecule has 1 saturated carbocycles. The molecule has 2 aliphatic rings. The van der Waals surface area contributed by atoms with Crippen LogP contribution in [-0.2, 0) is 9.47 Å². The molecule has 1 saturated heterocycles. The molecule has 2 fully saturated rings. The smallest absolute Gasteiger partial charge is 0.250 e. The van der Waals surface area contributed by atoms with E-state index in [1.165, 1.54) is 5.56 Å². The molecule has 0 spiro atoms. The van der Waals surface area contributed by atoms with Crippen molar-refractivity contribution in [2.24, 2.45) is 0 Å². The highest BCUT2D eigenvalue weighted by atomic mass is 28.4. The maximum Gasteiger partial charge on any atom is 0.250 e. The van der Waals surface area contributed by atoms with Crippen LogP contribution in [0.3, 0.4) is 0 Å². The van der Waals surface area contributed by atoms with Crippen LogP contribution in [0.15, 0.2) is 42.9 Å². The predicted molar refractivity (Wildman–Crippen MR) is 142 cm³/mol. The lowest BCUT2D eigenvalue weighted by molar-refractivity contribution is -0.157. The Bertz CT molecular complexity index is 1220. The summed E-state index contributed by atoms with van der Waals surface area (Å²) in [6.07, 6.45) is 4.56. The van der Waals surface area contributed by atoms with Crippen molar-refractivity contribution in [2.75, 3.05) is 12.4 Å². The van der Waals surface area contributed by atoms with Crippen molar-refractivity contribution < 1.29 is 13.9 Å². The second-order valence-electron chi connectivity index (χ2n) is 11.8. The summed E-state index contributed by atoms with van der Waals surface area (Å²) >= 11 is 0. The largest absolute Gasteiger partial charge is 0.544 e. The van der Waals surface area contributed by atoms with Gasteiger partial charge < -0.3 is 23.8 Å². The van der Waals surface area contributed by atoms with Gasteiger partial charge in [0.25, 0.3) is 0 Å². The highest BCUT2D eigenvalue weighted by molar-refractivity contribution is 6.74. The van der Waals surface area contributed by atoms with E-state index in [0.717, 1.165) is 29.0 Å². The van der Waals surface area contributed by atoms with Crippen LogP contribution < -0.4 is 9.74 Å². The number of aromatic nitrogens is 3. The zero-order valence-corrected chi connectivity index (χ0v) is 23.1. The molecule has 4 atom stereocenters. The minimum absolute atomic E-state index is 0.0229. The molecule has 1 aromatic carbocycles. The van der Waals surface area contributed by atoms with E-state index >= 15 is 0 Å². The number of benzene rings is 1. The lowest BCUT2D eigenvalue weighted by Crippen LogP contribution is -2.43. The average molecular weight is 495 g/mol. The Morgan fingerprint density at radius 3 is 2.40 bits per heavy atom. The number of anilines is 1. The Labute approximate surface area is 209 Å². The molecule has 1 aliphatic carbocycles. The minimum Gasteiger partial charge on any atom is -0.544 e. The van der Waals surface area contributed by atoms with Gasteiger partial charge in [-0.3, -0.25) is 0 Å². The normalized spacial score (nSPS) is 26.2. The summed E-state index contributed by atoms with van der Waals surface area (Å²) in [6.45, 7) is 15.4. The van der Waals surface area contributed by atoms with Gasteiger partial charge in [0.2, 0.25) is 8.32 Å². The van der Waals surface area contributed by atoms with Gasteiger partial charge in [0.05, 0.1) is 17.5 Å². The summed E-state index contributed by atoms with van der Waals surface area (Å²) < 4.78 is 21.7. The molecule has 35 heavy (non-hydrogen) atoms. The summed E-state index contributed by atoms with van der Waals surface area (Å²) in [5.74, 6) is 1.38. The highest BCUT2D eigenvalue weighted by Crippen LogP contribution is 2.51. The zero-order chi connectivity index (χ0) is 25.2. The fraction of sp³-hybridized carbons (Fsp3) is 0.556. The zero-order valence-electron chi connectivity index (χ0n) is 22.1. The summed E-state index contributed by atoms with van der Waals surface area (Å²) in [5.41, 5.74) is 2.17. The van der Waals surface area contributed by atoms with E-state index in [-0.39, 0.29) is 29.2 Å². The molecule has 0 bridgehead atoms. The van der Waals surface area contributed by atoms with Crippen LogP contribution in [0, 0.1) is 0 Å². The molecule has 0 unspecified atom stereocenters. The lowest BCUT2D eigenvalue weighted by Gasteiger charge is -2.36. The number of hydrogen-bond donors (Lipinski definition) is 1. The highest BCUT2D eigenvalue weighted by Gasteiger charge is 2.55. The van der Waals surface area contributed by atoms with Crippen LogP contribution in [0.1, 0.15) is 58.6 Å². The third kappa shape index (κ3) is 4.25. The molecule has 2 aromatic heterocycles. The van der Waals surface area contributed by atoms with E-state index in [4.69, 9.17) is 13.9 Å². The van der Waals surface area contributed by atoms with Crippen LogP contribution in [0.5, 0.6) is 5.75 Å². The van der Waals surface area contributed by atoms with Crippen LogP contribution in [0.2, 0.25) is 18.1 Å². The number of hydrogen-bond acceptors (Lipinski definition) is 6. The maximum atomic E-state index is 6.51. The van der Waals surface area contributed by atoms with E-state index < -0.39 is 14.1 Å². The first-order valence-corrected chi connectivity index (χ1v) is 15.4. The fourth-order valence-corrected chi connectivity index (χ4v) is 6.25. The Morgan fingerprint density at radius 2 is 1.74 bits per heavy atom. The Kier molecular flexibility index (Phi) is 5.77. The molecule has 7 nitrogen and oxygen atoms in total. The Morgan fingerprint density at radius 1 is 1.06 bits per heavy atom. The second kappa shape index (κ2) is 8.32. The van der Waals surface area contributed by atoms with Gasteiger partial charge in [-0.05, 0) is 62.2 Å². The molecule has 1 N–H and O–H groups in total. The number of fused-ring (bicyclic) bond motifs is 2. The third-order valence-corrected chi connectivity index (χ3v) is 12.4. The molecule has 3 aromatic rings. The Hall–Kier alpha value is -2.42. The van der Waals surface area contributed by atoms with Gasteiger partial charge >= 0.3 is 0 Å². The lowest BCUT2D eigenvalue weighted by atomic mass is 9.95. The monoisotopic (exact) mass is 494 g/mol. The van der Waals surface area contributed by atoms with E-state index in [9.17, 15) is 0 Å². The van der Waals surface area contributed by atoms with Crippen molar-refractivity contribution in [3.8, 4) is 5.75 Å². The standard InChI is InChI=1S/C27H38N4O3Si/c1-26(2,3)35(7,8)34-18-11-9-17(10-12-18)20-15-21(23-22(20)32-27(4,5)33-23)31-14-13-19-24(28-6)29-16-30-25(19)31/h9-14,16,20-23H,15H2,1-8H3,(H,28,29,30)/t20-,21-,22-,23+/m1/s1. The Balaban J connectivity index is 1.45. The molecule has 8 heteroatoms. The van der Waals surface area contributed by atoms with Crippen LogP contribution >= 0.6 is 0 Å². The van der Waals surface area contributed by atoms with Crippen molar-refractivity contribution in [3.05, 3.63) is 48.4 Å². The van der Waals surface area contributed by atoms with Gasteiger partial charge in [-0.25, -0.2) is 9.97 Å². The molecule has 188 valence electrons. The molecule has 0 radical (unpaired) electrons. The van der Waals surface area contributed by atoms with Gasteiger partial charge in [-0.15, -0.1) is 0 Å². The van der Waals surface area contributed by atoms with E-state index in [0.29, 0.717) is 0 Å². The molecule has 1 aliphatic heterocycles. The quantitative estimate of drug-likeness (QED) is 0.432. The third-order valence-electron chi connectivity index (χ3n) is 8.03. The number of ether oxygens (including phenoxy) is 2. The van der Waals surface area contributed by atoms with E-state index in [2.05, 4.69) is 90.2 Å². The molecular weight excluding hydrogens is 456 g/mol. The summed E-state index contributed by atoms with van der Waals surface area (Å²) in [6, 6.07) is 10.9. The second-order valence-corrected chi connectivity index (χ2v) is 16.6. The predicted octanol–water partition coefficient (Wildman–Crippen LogP) is 6.11. The van der Waals surface area contributed by atoms with Crippen molar-refractivity contribution in [1.29, 1.82) is 0 Å². The summed E-state index contributed by atoms with van der Waals surface area (Å²) in [4.78, 5) is 8.98. The number of nitrogens with one attached hydrogen (secondary N) is 1. The van der Waals surface area contributed by atoms with Crippen molar-refractivity contribution in [1.82, 2.24) is 14.5 Å². The number of rotatable bonds is 5. The van der Waals surface area contributed by atoms with Crippen LogP contribution in [-0.4, -0.2) is 47.9 Å². The number of nitrogens with zero attached hydrogens (tertiary/aromatic N) is 3. The van der Waals surface area contributed by atoms with Gasteiger partial charge in [0.15, 0.2) is 5.79 Å². The minimum atomic E-state index is -1.88. The van der Waals surface area contributed by atoms with Gasteiger partial charge in [-0.1, -0.05) is 32.9 Å². The van der Waals surface area contributed by atoms with Crippen molar-refractivity contribution in [2.45, 2.75) is 89.1 Å². The van der Waals surface area contributed by atoms with E-state index in [1.807, 2.05) is 20.9 Å². The van der Waals surface area contributed by atoms with Crippen molar-refractivity contribution >= 4 is 25.2 Å². The van der Waals surface area contributed by atoms with Gasteiger partial charge in [-0.2, -0.15) is 0 Å². The van der Waals surface area contributed by atoms with E-state index in [1.54, 1.807) is 6.33 Å². The van der Waals surface area contributed by atoms with Gasteiger partial charge in [0.1, 0.15) is 29.6 Å². The molecular formula is C27H38N4O3Si. The average Bonchev–Trinajstić information content (AvgIpc) is 3.43. The molecule has 3 heterocycles. The van der Waals surface area contributed by atoms with Crippen LogP contribution in [0.25, 0.3) is 11.0 Å². The molecule has 0 amide bonds. The summed E-state index contributed by atoms with van der Waals surface area (Å²) in [7, 11) is 0.00295. The van der Waals surface area contributed by atoms with Crippen LogP contribution in [0.4, 0.5) is 5.82 Å². The molecule has 5 rings (SSSR count).